The van der Waals surface area contributed by atoms with E-state index >= 15 is 0 Å². The van der Waals surface area contributed by atoms with Crippen LogP contribution in [0.15, 0.2) is 65.6 Å². The van der Waals surface area contributed by atoms with E-state index in [-0.39, 0.29) is 5.78 Å². The lowest BCUT2D eigenvalue weighted by atomic mass is 9.91. The van der Waals surface area contributed by atoms with E-state index in [2.05, 4.69) is 0 Å². The highest BCUT2D eigenvalue weighted by molar-refractivity contribution is 7.11. The van der Waals surface area contributed by atoms with Crippen LogP contribution < -0.4 is 5.73 Å². The summed E-state index contributed by atoms with van der Waals surface area (Å²) in [5, 5.41) is 1.88. The number of benzene rings is 1. The quantitative estimate of drug-likeness (QED) is 0.667. The van der Waals surface area contributed by atoms with Crippen molar-refractivity contribution < 1.29 is 4.79 Å². The smallest absolute Gasteiger partial charge is 0.192 e. The van der Waals surface area contributed by atoms with E-state index in [4.69, 9.17) is 17.3 Å². The molecule has 4 heteroatoms. The molecular formula is C17H14ClNOS. The summed E-state index contributed by atoms with van der Waals surface area (Å²) in [6, 6.07) is 11.1. The second-order valence-corrected chi connectivity index (χ2v) is 6.58. The molecule has 0 aliphatic heterocycles. The zero-order valence-electron chi connectivity index (χ0n) is 11.3. The topological polar surface area (TPSA) is 43.1 Å². The van der Waals surface area contributed by atoms with Gasteiger partial charge in [0.1, 0.15) is 4.87 Å². The van der Waals surface area contributed by atoms with Crippen LogP contribution in [0.1, 0.15) is 21.7 Å². The zero-order valence-corrected chi connectivity index (χ0v) is 12.8. The number of ketones is 1. The Kier molecular flexibility index (Phi) is 3.70. The third-order valence-electron chi connectivity index (χ3n) is 3.47. The second kappa shape index (κ2) is 5.51. The van der Waals surface area contributed by atoms with Gasteiger partial charge in [-0.3, -0.25) is 4.79 Å². The molecule has 0 bridgehead atoms. The van der Waals surface area contributed by atoms with Gasteiger partial charge in [0.2, 0.25) is 0 Å². The molecule has 1 aromatic heterocycles. The molecule has 1 aromatic carbocycles. The van der Waals surface area contributed by atoms with Crippen molar-refractivity contribution in [3.8, 4) is 0 Å². The molecule has 0 amide bonds. The molecule has 1 aliphatic rings. The minimum absolute atomic E-state index is 0.0243. The minimum Gasteiger partial charge on any atom is -0.398 e. The number of nitrogens with two attached hydrogens (primary N) is 1. The predicted octanol–water partition coefficient (Wildman–Crippen LogP) is 4.53. The number of alkyl halides is 1. The molecule has 3 rings (SSSR count). The Morgan fingerprint density at radius 1 is 1.29 bits per heavy atom. The standard InChI is InChI=1S/C17H14ClNOS/c18-17(15-10-14(19)11-21-15)8-6-13(7-9-17)16(20)12-4-2-1-3-5-12/h1-8,10-11H,9,19H2. The molecule has 2 aromatic rings. The van der Waals surface area contributed by atoms with Crippen LogP contribution in [0.2, 0.25) is 0 Å². The number of hydrogen-bond acceptors (Lipinski definition) is 3. The maximum absolute atomic E-state index is 12.4. The normalized spacial score (nSPS) is 21.1. The highest BCUT2D eigenvalue weighted by atomic mass is 35.5. The van der Waals surface area contributed by atoms with Gasteiger partial charge in [-0.25, -0.2) is 0 Å². The van der Waals surface area contributed by atoms with Gasteiger partial charge in [0.25, 0.3) is 0 Å². The number of Topliss-reactive ketones (excluding diaryl/α,β-unsaturated/α-hetero) is 1. The number of nitrogen functional groups attached to an aromatic ring is 1. The summed E-state index contributed by atoms with van der Waals surface area (Å²) in [7, 11) is 0. The summed E-state index contributed by atoms with van der Waals surface area (Å²) in [4.78, 5) is 12.8. The Morgan fingerprint density at radius 2 is 2.05 bits per heavy atom. The van der Waals surface area contributed by atoms with E-state index in [1.54, 1.807) is 0 Å². The van der Waals surface area contributed by atoms with E-state index in [0.717, 1.165) is 10.6 Å². The van der Waals surface area contributed by atoms with Gasteiger partial charge in [-0.2, -0.15) is 0 Å². The first kappa shape index (κ1) is 14.1. The molecule has 1 aliphatic carbocycles. The van der Waals surface area contributed by atoms with E-state index in [1.807, 2.05) is 60.0 Å². The number of allylic oxidation sites excluding steroid dienone is 4. The molecule has 0 radical (unpaired) electrons. The third-order valence-corrected chi connectivity index (χ3v) is 5.20. The molecule has 2 nitrogen and oxygen atoms in total. The van der Waals surface area contributed by atoms with Gasteiger partial charge in [-0.15, -0.1) is 22.9 Å². The predicted molar refractivity (Wildman–Crippen MR) is 88.9 cm³/mol. The molecule has 0 fully saturated rings. The molecule has 1 unspecified atom stereocenters. The SMILES string of the molecule is Nc1csc(C2(Cl)C=CC(C(=O)c3ccccc3)=CC2)c1. The van der Waals surface area contributed by atoms with Gasteiger partial charge < -0.3 is 5.73 Å². The molecular weight excluding hydrogens is 302 g/mol. The van der Waals surface area contributed by atoms with Gasteiger partial charge in [0.15, 0.2) is 5.78 Å². The fraction of sp³-hybridized carbons (Fsp3) is 0.118. The molecule has 0 saturated heterocycles. The average Bonchev–Trinajstić information content (AvgIpc) is 2.96. The molecule has 1 heterocycles. The van der Waals surface area contributed by atoms with Crippen molar-refractivity contribution in [1.29, 1.82) is 0 Å². The van der Waals surface area contributed by atoms with Gasteiger partial charge in [-0.1, -0.05) is 48.6 Å². The van der Waals surface area contributed by atoms with Crippen LogP contribution in [-0.2, 0) is 4.87 Å². The van der Waals surface area contributed by atoms with Crippen LogP contribution in [0.5, 0.6) is 0 Å². The first-order valence-corrected chi connectivity index (χ1v) is 7.87. The molecule has 0 spiro atoms. The number of carbonyl (C=O) groups excluding carboxylic acids is 1. The third kappa shape index (κ3) is 2.80. The van der Waals surface area contributed by atoms with Crippen LogP contribution in [0.4, 0.5) is 5.69 Å². The van der Waals surface area contributed by atoms with Crippen LogP contribution >= 0.6 is 22.9 Å². The lowest BCUT2D eigenvalue weighted by Crippen LogP contribution is -2.17. The first-order chi connectivity index (χ1) is 10.1. The largest absolute Gasteiger partial charge is 0.398 e. The lowest BCUT2D eigenvalue weighted by molar-refractivity contribution is 0.103. The number of anilines is 1. The molecule has 1 atom stereocenters. The Balaban J connectivity index is 1.82. The van der Waals surface area contributed by atoms with Gasteiger partial charge in [0.05, 0.1) is 0 Å². The van der Waals surface area contributed by atoms with Crippen LogP contribution in [0.25, 0.3) is 0 Å². The number of carbonyl (C=O) groups is 1. The fourth-order valence-electron chi connectivity index (χ4n) is 2.29. The Labute approximate surface area is 132 Å². The Hall–Kier alpha value is -1.84. The van der Waals surface area contributed by atoms with Crippen molar-refractivity contribution in [2.45, 2.75) is 11.3 Å². The highest BCUT2D eigenvalue weighted by Crippen LogP contribution is 2.42. The molecule has 21 heavy (non-hydrogen) atoms. The maximum Gasteiger partial charge on any atom is 0.192 e. The molecule has 0 saturated carbocycles. The maximum atomic E-state index is 12.4. The lowest BCUT2D eigenvalue weighted by Gasteiger charge is -2.24. The van der Waals surface area contributed by atoms with Crippen LogP contribution in [0, 0.1) is 0 Å². The van der Waals surface area contributed by atoms with E-state index in [0.29, 0.717) is 17.6 Å². The Bertz CT molecular complexity index is 732. The van der Waals surface area contributed by atoms with E-state index in [9.17, 15) is 4.79 Å². The van der Waals surface area contributed by atoms with Crippen molar-refractivity contribution in [2.75, 3.05) is 5.73 Å². The average molecular weight is 316 g/mol. The summed E-state index contributed by atoms with van der Waals surface area (Å²) in [5.41, 5.74) is 7.85. The monoisotopic (exact) mass is 315 g/mol. The summed E-state index contributed by atoms with van der Waals surface area (Å²) >= 11 is 8.18. The van der Waals surface area contributed by atoms with Gasteiger partial charge in [0, 0.05) is 27.1 Å². The number of rotatable bonds is 3. The highest BCUT2D eigenvalue weighted by Gasteiger charge is 2.30. The fourth-order valence-corrected chi connectivity index (χ4v) is 3.50. The van der Waals surface area contributed by atoms with Crippen LogP contribution in [0.3, 0.4) is 0 Å². The number of halogens is 1. The summed E-state index contributed by atoms with van der Waals surface area (Å²) in [6.07, 6.45) is 6.18. The Morgan fingerprint density at radius 3 is 2.62 bits per heavy atom. The summed E-state index contributed by atoms with van der Waals surface area (Å²) in [6.45, 7) is 0. The summed E-state index contributed by atoms with van der Waals surface area (Å²) in [5.74, 6) is 0.0243. The first-order valence-electron chi connectivity index (χ1n) is 6.61. The minimum atomic E-state index is -0.594. The van der Waals surface area contributed by atoms with Crippen LogP contribution in [-0.4, -0.2) is 5.78 Å². The molecule has 106 valence electrons. The van der Waals surface area contributed by atoms with Gasteiger partial charge >= 0.3 is 0 Å². The number of hydrogen-bond donors (Lipinski definition) is 1. The second-order valence-electron chi connectivity index (χ2n) is 5.00. The van der Waals surface area contributed by atoms with Crippen molar-refractivity contribution in [1.82, 2.24) is 0 Å². The van der Waals surface area contributed by atoms with Gasteiger partial charge in [-0.05, 0) is 12.5 Å². The van der Waals surface area contributed by atoms with Crippen molar-refractivity contribution in [3.05, 3.63) is 76.0 Å². The van der Waals surface area contributed by atoms with Crippen molar-refractivity contribution >= 4 is 34.4 Å². The van der Waals surface area contributed by atoms with E-state index in [1.165, 1.54) is 11.3 Å². The van der Waals surface area contributed by atoms with Crippen molar-refractivity contribution in [2.24, 2.45) is 0 Å². The summed E-state index contributed by atoms with van der Waals surface area (Å²) < 4.78 is 0. The van der Waals surface area contributed by atoms with E-state index < -0.39 is 4.87 Å². The molecule has 2 N–H and O–H groups in total. The zero-order chi connectivity index (χ0) is 14.9. The number of thiophene rings is 1. The van der Waals surface area contributed by atoms with Crippen molar-refractivity contribution in [3.63, 3.8) is 0 Å².